The van der Waals surface area contributed by atoms with Gasteiger partial charge in [-0.05, 0) is 29.7 Å². The zero-order valence-corrected chi connectivity index (χ0v) is 10.7. The van der Waals surface area contributed by atoms with Crippen LogP contribution in [0.2, 0.25) is 0 Å². The molecule has 0 bridgehead atoms. The van der Waals surface area contributed by atoms with E-state index >= 15 is 0 Å². The van der Waals surface area contributed by atoms with Crippen molar-refractivity contribution in [2.24, 2.45) is 0 Å². The summed E-state index contributed by atoms with van der Waals surface area (Å²) in [7, 11) is 0. The first-order valence-corrected chi connectivity index (χ1v) is 6.10. The van der Waals surface area contributed by atoms with Crippen LogP contribution < -0.4 is 0 Å². The van der Waals surface area contributed by atoms with Crippen LogP contribution in [0.5, 0.6) is 0 Å². The van der Waals surface area contributed by atoms with E-state index < -0.39 is 5.97 Å². The number of aliphatic carboxylic acids is 1. The van der Waals surface area contributed by atoms with Gasteiger partial charge in [0.05, 0.1) is 6.42 Å². The van der Waals surface area contributed by atoms with Crippen LogP contribution in [-0.4, -0.2) is 16.9 Å². The highest BCUT2D eigenvalue weighted by Crippen LogP contribution is 2.33. The van der Waals surface area contributed by atoms with Gasteiger partial charge in [-0.1, -0.05) is 28.1 Å². The summed E-state index contributed by atoms with van der Waals surface area (Å²) < 4.78 is 0.964. The summed E-state index contributed by atoms with van der Waals surface area (Å²) in [5.41, 5.74) is 2.28. The highest BCUT2D eigenvalue weighted by Gasteiger charge is 2.25. The second kappa shape index (κ2) is 4.84. The third-order valence-electron chi connectivity index (χ3n) is 2.82. The SMILES string of the molecule is O=C(O)CC1=C(c2ccc(Br)cc2)CCC1=O. The molecule has 0 unspecified atom stereocenters. The molecular formula is C13H11BrO3. The average Bonchev–Trinajstić information content (AvgIpc) is 2.61. The number of carbonyl (C=O) groups is 2. The summed E-state index contributed by atoms with van der Waals surface area (Å²) >= 11 is 3.34. The molecule has 1 aliphatic rings. The van der Waals surface area contributed by atoms with E-state index in [1.54, 1.807) is 0 Å². The first kappa shape index (κ1) is 12.0. The topological polar surface area (TPSA) is 54.4 Å². The highest BCUT2D eigenvalue weighted by atomic mass is 79.9. The molecule has 2 rings (SSSR count). The molecule has 1 aromatic rings. The summed E-state index contributed by atoms with van der Waals surface area (Å²) in [6.07, 6.45) is 0.890. The third kappa shape index (κ3) is 2.64. The van der Waals surface area contributed by atoms with E-state index in [0.717, 1.165) is 15.6 Å². The summed E-state index contributed by atoms with van der Waals surface area (Å²) in [5, 5.41) is 8.81. The predicted octanol–water partition coefficient (Wildman–Crippen LogP) is 3.04. The Balaban J connectivity index is 2.40. The van der Waals surface area contributed by atoms with E-state index in [4.69, 9.17) is 5.11 Å². The minimum absolute atomic E-state index is 0.0367. The fourth-order valence-corrected chi connectivity index (χ4v) is 2.30. The summed E-state index contributed by atoms with van der Waals surface area (Å²) in [4.78, 5) is 22.4. The molecule has 0 amide bonds. The van der Waals surface area contributed by atoms with Crippen LogP contribution >= 0.6 is 15.9 Å². The Morgan fingerprint density at radius 3 is 2.47 bits per heavy atom. The third-order valence-corrected chi connectivity index (χ3v) is 3.35. The molecular weight excluding hydrogens is 284 g/mol. The number of allylic oxidation sites excluding steroid dienone is 1. The first-order valence-electron chi connectivity index (χ1n) is 5.31. The zero-order chi connectivity index (χ0) is 12.4. The maximum Gasteiger partial charge on any atom is 0.307 e. The largest absolute Gasteiger partial charge is 0.481 e. The van der Waals surface area contributed by atoms with Crippen LogP contribution in [0, 0.1) is 0 Å². The number of carbonyl (C=O) groups excluding carboxylic acids is 1. The maximum atomic E-state index is 11.6. The lowest BCUT2D eigenvalue weighted by molar-refractivity contribution is -0.136. The van der Waals surface area contributed by atoms with Crippen molar-refractivity contribution in [3.8, 4) is 0 Å². The number of rotatable bonds is 3. The number of hydrogen-bond donors (Lipinski definition) is 1. The highest BCUT2D eigenvalue weighted by molar-refractivity contribution is 9.10. The number of hydrogen-bond acceptors (Lipinski definition) is 2. The van der Waals surface area contributed by atoms with Gasteiger partial charge in [0.25, 0.3) is 0 Å². The summed E-state index contributed by atoms with van der Waals surface area (Å²) in [6.45, 7) is 0. The van der Waals surface area contributed by atoms with Gasteiger partial charge in [-0.15, -0.1) is 0 Å². The van der Waals surface area contributed by atoms with Crippen molar-refractivity contribution in [1.29, 1.82) is 0 Å². The fourth-order valence-electron chi connectivity index (χ4n) is 2.03. The van der Waals surface area contributed by atoms with Crippen LogP contribution in [0.15, 0.2) is 34.3 Å². The molecule has 0 saturated carbocycles. The molecule has 0 spiro atoms. The quantitative estimate of drug-likeness (QED) is 0.932. The van der Waals surface area contributed by atoms with E-state index in [-0.39, 0.29) is 12.2 Å². The van der Waals surface area contributed by atoms with Gasteiger partial charge >= 0.3 is 5.97 Å². The van der Waals surface area contributed by atoms with Crippen molar-refractivity contribution >= 4 is 33.3 Å². The molecule has 3 nitrogen and oxygen atoms in total. The predicted molar refractivity (Wildman–Crippen MR) is 67.6 cm³/mol. The van der Waals surface area contributed by atoms with Gasteiger partial charge in [0.15, 0.2) is 5.78 Å². The molecule has 0 heterocycles. The Morgan fingerprint density at radius 2 is 1.88 bits per heavy atom. The van der Waals surface area contributed by atoms with E-state index in [0.29, 0.717) is 18.4 Å². The average molecular weight is 295 g/mol. The second-order valence-corrected chi connectivity index (χ2v) is 4.87. The number of carboxylic acids is 1. The van der Waals surface area contributed by atoms with Crippen LogP contribution in [0.1, 0.15) is 24.8 Å². The van der Waals surface area contributed by atoms with Crippen molar-refractivity contribution < 1.29 is 14.7 Å². The molecule has 0 aliphatic heterocycles. The van der Waals surface area contributed by atoms with Crippen molar-refractivity contribution in [3.63, 3.8) is 0 Å². The molecule has 1 N–H and O–H groups in total. The van der Waals surface area contributed by atoms with Crippen LogP contribution in [0.25, 0.3) is 5.57 Å². The standard InChI is InChI=1S/C13H11BrO3/c14-9-3-1-8(2-4-9)10-5-6-12(15)11(10)7-13(16)17/h1-4H,5-7H2,(H,16,17). The molecule has 88 valence electrons. The van der Waals surface area contributed by atoms with Gasteiger partial charge < -0.3 is 5.11 Å². The Kier molecular flexibility index (Phi) is 3.43. The molecule has 0 aromatic heterocycles. The van der Waals surface area contributed by atoms with Gasteiger partial charge in [0.2, 0.25) is 0 Å². The molecule has 0 radical (unpaired) electrons. The molecule has 17 heavy (non-hydrogen) atoms. The second-order valence-electron chi connectivity index (χ2n) is 3.96. The van der Waals surface area contributed by atoms with Crippen molar-refractivity contribution in [2.45, 2.75) is 19.3 Å². The number of carboxylic acid groups (broad SMARTS) is 1. The van der Waals surface area contributed by atoms with Gasteiger partial charge in [-0.3, -0.25) is 9.59 Å². The Bertz CT molecular complexity index is 500. The minimum Gasteiger partial charge on any atom is -0.481 e. The van der Waals surface area contributed by atoms with Crippen LogP contribution in [-0.2, 0) is 9.59 Å². The van der Waals surface area contributed by atoms with Gasteiger partial charge in [0, 0.05) is 16.5 Å². The minimum atomic E-state index is -0.954. The van der Waals surface area contributed by atoms with Gasteiger partial charge in [-0.25, -0.2) is 0 Å². The van der Waals surface area contributed by atoms with Crippen molar-refractivity contribution in [2.75, 3.05) is 0 Å². The molecule has 0 fully saturated rings. The normalized spacial score (nSPS) is 15.5. The number of halogens is 1. The monoisotopic (exact) mass is 294 g/mol. The van der Waals surface area contributed by atoms with Gasteiger partial charge in [0.1, 0.15) is 0 Å². The Hall–Kier alpha value is -1.42. The summed E-state index contributed by atoms with van der Waals surface area (Å²) in [5.74, 6) is -0.991. The first-order chi connectivity index (χ1) is 8.08. The van der Waals surface area contributed by atoms with Crippen LogP contribution in [0.3, 0.4) is 0 Å². The smallest absolute Gasteiger partial charge is 0.307 e. The lowest BCUT2D eigenvalue weighted by Gasteiger charge is -2.05. The van der Waals surface area contributed by atoms with Crippen molar-refractivity contribution in [3.05, 3.63) is 39.9 Å². The number of benzene rings is 1. The Morgan fingerprint density at radius 1 is 1.24 bits per heavy atom. The fraction of sp³-hybridized carbons (Fsp3) is 0.231. The molecule has 0 saturated heterocycles. The number of ketones is 1. The van der Waals surface area contributed by atoms with Crippen LogP contribution in [0.4, 0.5) is 0 Å². The Labute approximate surface area is 107 Å². The molecule has 1 aliphatic carbocycles. The van der Waals surface area contributed by atoms with E-state index in [1.165, 1.54) is 0 Å². The van der Waals surface area contributed by atoms with E-state index in [1.807, 2.05) is 24.3 Å². The zero-order valence-electron chi connectivity index (χ0n) is 9.07. The number of Topliss-reactive ketones (excluding diaryl/α,β-unsaturated/α-hetero) is 1. The van der Waals surface area contributed by atoms with Gasteiger partial charge in [-0.2, -0.15) is 0 Å². The molecule has 1 aromatic carbocycles. The van der Waals surface area contributed by atoms with Crippen molar-refractivity contribution in [1.82, 2.24) is 0 Å². The van der Waals surface area contributed by atoms with E-state index in [9.17, 15) is 9.59 Å². The lowest BCUT2D eigenvalue weighted by Crippen LogP contribution is -2.04. The summed E-state index contributed by atoms with van der Waals surface area (Å²) in [6, 6.07) is 7.59. The molecule has 4 heteroatoms. The molecule has 0 atom stereocenters. The van der Waals surface area contributed by atoms with E-state index in [2.05, 4.69) is 15.9 Å². The lowest BCUT2D eigenvalue weighted by atomic mass is 10.0. The maximum absolute atomic E-state index is 11.6.